The van der Waals surface area contributed by atoms with E-state index >= 15 is 0 Å². The number of quaternary nitrogens is 1. The maximum atomic E-state index is 8.94. The zero-order valence-electron chi connectivity index (χ0n) is 12.9. The summed E-state index contributed by atoms with van der Waals surface area (Å²) < 4.78 is 26.4. The summed E-state index contributed by atoms with van der Waals surface area (Å²) in [5.74, 6) is 0. The fourth-order valence-electron chi connectivity index (χ4n) is 2.09. The molecule has 12 nitrogen and oxygen atoms in total. The van der Waals surface area contributed by atoms with Crippen LogP contribution >= 0.6 is 0 Å². The van der Waals surface area contributed by atoms with Crippen molar-refractivity contribution in [2.45, 2.75) is 0 Å². The fourth-order valence-corrected chi connectivity index (χ4v) is 2.09. The third-order valence-electron chi connectivity index (χ3n) is 3.44. The van der Waals surface area contributed by atoms with Crippen LogP contribution in [-0.2, 0) is 27.4 Å². The van der Waals surface area contributed by atoms with E-state index in [9.17, 15) is 0 Å². The third kappa shape index (κ3) is 6.01. The van der Waals surface area contributed by atoms with Crippen molar-refractivity contribution < 1.29 is 52.4 Å². The fraction of sp³-hybridized carbons (Fsp3) is 1.00. The van der Waals surface area contributed by atoms with Crippen LogP contribution in [0.1, 0.15) is 0 Å². The highest BCUT2D eigenvalue weighted by Crippen LogP contribution is 2.23. The average Bonchev–Trinajstić information content (AvgIpc) is 2.39. The Kier molecular flexibility index (Phi) is 6.91. The molecule has 0 amide bonds. The molecule has 0 aromatic rings. The van der Waals surface area contributed by atoms with Crippen molar-refractivity contribution in [3.05, 3.63) is 0 Å². The minimum absolute atomic E-state index is 1.27. The second-order valence-electron chi connectivity index (χ2n) is 5.38. The lowest BCUT2D eigenvalue weighted by Crippen LogP contribution is -3.11. The van der Waals surface area contributed by atoms with Gasteiger partial charge in [-0.15, -0.1) is 0 Å². The van der Waals surface area contributed by atoms with E-state index in [2.05, 4.69) is 46.4 Å². The quantitative estimate of drug-likeness (QED) is 0.270. The number of nitrogens with zero attached hydrogens (tertiary/aromatic N) is 1. The van der Waals surface area contributed by atoms with Crippen LogP contribution in [0.15, 0.2) is 0 Å². The van der Waals surface area contributed by atoms with Gasteiger partial charge in [-0.05, 0) is 7.05 Å². The molecule has 128 valence electrons. The first-order valence-corrected chi connectivity index (χ1v) is 7.15. The van der Waals surface area contributed by atoms with Crippen molar-refractivity contribution in [2.75, 3.05) is 40.3 Å². The molecule has 23 heavy (non-hydrogen) atoms. The van der Waals surface area contributed by atoms with E-state index in [1.54, 1.807) is 4.90 Å². The van der Waals surface area contributed by atoms with Gasteiger partial charge in [-0.1, -0.05) is 0 Å². The molecule has 3 rings (SSSR count). The molecular formula is C6H19B5N2O10. The number of likely N-dealkylation sites (N-methyl/N-ethyl adjacent to an activating group) is 2. The lowest BCUT2D eigenvalue weighted by molar-refractivity contribution is -0.884. The van der Waals surface area contributed by atoms with Crippen LogP contribution in [0.25, 0.3) is 0 Å². The largest absolute Gasteiger partial charge is 0.582 e. The summed E-state index contributed by atoms with van der Waals surface area (Å²) >= 11 is 0. The molecule has 3 fully saturated rings. The van der Waals surface area contributed by atoms with Crippen molar-refractivity contribution in [2.24, 2.45) is 0 Å². The van der Waals surface area contributed by atoms with Crippen molar-refractivity contribution in [1.29, 1.82) is 0 Å². The SMILES string of the molecule is CN1CC[NH+](C)CC1.OB1OB(O)O[B-]2(O1)OB(O)OB(O)O2. The van der Waals surface area contributed by atoms with Crippen LogP contribution in [0, 0.1) is 0 Å². The van der Waals surface area contributed by atoms with Crippen LogP contribution in [0.4, 0.5) is 0 Å². The number of hydrogen-bond donors (Lipinski definition) is 5. The molecule has 3 saturated heterocycles. The third-order valence-corrected chi connectivity index (χ3v) is 3.44. The molecule has 0 aromatic heterocycles. The summed E-state index contributed by atoms with van der Waals surface area (Å²) in [6.07, 6.45) is 0. The maximum absolute atomic E-state index is 8.94. The van der Waals surface area contributed by atoms with Crippen LogP contribution in [0.5, 0.6) is 0 Å². The molecule has 3 heterocycles. The van der Waals surface area contributed by atoms with E-state index in [0.717, 1.165) is 0 Å². The Labute approximate surface area is 134 Å². The van der Waals surface area contributed by atoms with Crippen LogP contribution < -0.4 is 4.90 Å². The first-order chi connectivity index (χ1) is 10.8. The Morgan fingerprint density at radius 2 is 1.17 bits per heavy atom. The molecule has 0 saturated carbocycles. The smallest absolute Gasteiger partial charge is 0.539 e. The Morgan fingerprint density at radius 1 is 0.826 bits per heavy atom. The van der Waals surface area contributed by atoms with Crippen molar-refractivity contribution in [3.63, 3.8) is 0 Å². The predicted octanol–water partition coefficient (Wildman–Crippen LogP) is -6.10. The first kappa shape index (κ1) is 19.2. The van der Waals surface area contributed by atoms with Gasteiger partial charge in [0, 0.05) is 13.1 Å². The lowest BCUT2D eigenvalue weighted by atomic mass is 9.84. The molecule has 1 spiro atoms. The molecule has 0 aliphatic carbocycles. The Morgan fingerprint density at radius 3 is 1.48 bits per heavy atom. The van der Waals surface area contributed by atoms with Crippen molar-refractivity contribution in [1.82, 2.24) is 4.90 Å². The molecule has 0 unspecified atom stereocenters. The molecule has 3 aliphatic rings. The molecular weight excluding hydrogens is 314 g/mol. The Balaban J connectivity index is 0.000000203. The normalized spacial score (nSPS) is 26.3. The van der Waals surface area contributed by atoms with Gasteiger partial charge in [0.1, 0.15) is 0 Å². The monoisotopic (exact) mass is 334 g/mol. The van der Waals surface area contributed by atoms with Gasteiger partial charge in [0.2, 0.25) is 0 Å². The number of piperazine rings is 1. The molecule has 0 radical (unpaired) electrons. The standard InChI is InChI=1S/C6H14N2.B5H4O10/c1-7-3-5-8(2)6-4-7;6-1-10-2(7)13-5(12-1)14-3(8)11-4(9)15-5/h3-6H2,1-2H3;6-9H/q;-1/p+1. The van der Waals surface area contributed by atoms with Gasteiger partial charge < -0.3 is 52.4 Å². The van der Waals surface area contributed by atoms with Crippen molar-refractivity contribution in [3.8, 4) is 0 Å². The highest BCUT2D eigenvalue weighted by molar-refractivity contribution is 6.81. The molecule has 0 atom stereocenters. The summed E-state index contributed by atoms with van der Waals surface area (Å²) in [5.41, 5.74) is 0. The highest BCUT2D eigenvalue weighted by Gasteiger charge is 2.53. The molecule has 3 aliphatic heterocycles. The van der Waals surface area contributed by atoms with Crippen molar-refractivity contribution >= 4 is 36.2 Å². The molecule has 5 N–H and O–H groups in total. The van der Waals surface area contributed by atoms with Gasteiger partial charge in [-0.25, -0.2) is 0 Å². The number of hydrogen-bond acceptors (Lipinski definition) is 11. The van der Waals surface area contributed by atoms with E-state index in [0.29, 0.717) is 0 Å². The predicted molar refractivity (Wildman–Crippen MR) is 78.3 cm³/mol. The second-order valence-corrected chi connectivity index (χ2v) is 5.38. The van der Waals surface area contributed by atoms with E-state index < -0.39 is 36.2 Å². The molecule has 0 aromatic carbocycles. The van der Waals surface area contributed by atoms with Crippen LogP contribution in [-0.4, -0.2) is 102 Å². The van der Waals surface area contributed by atoms with Gasteiger partial charge in [0.05, 0.1) is 20.1 Å². The second kappa shape index (κ2) is 8.29. The Hall–Kier alpha value is -0.155. The molecule has 0 bridgehead atoms. The summed E-state index contributed by atoms with van der Waals surface area (Å²) in [6.45, 7) is 1.96. The highest BCUT2D eigenvalue weighted by atomic mass is 17.0. The summed E-state index contributed by atoms with van der Waals surface area (Å²) in [5, 5.41) is 35.7. The van der Waals surface area contributed by atoms with Gasteiger partial charge in [0.15, 0.2) is 0 Å². The zero-order valence-corrected chi connectivity index (χ0v) is 12.9. The number of rotatable bonds is 0. The average molecular weight is 333 g/mol. The first-order valence-electron chi connectivity index (χ1n) is 7.15. The number of nitrogens with one attached hydrogen (secondary N) is 1. The maximum Gasteiger partial charge on any atom is 0.582 e. The summed E-state index contributed by atoms with van der Waals surface area (Å²) in [4.78, 5) is 4.05. The van der Waals surface area contributed by atoms with E-state index in [1.165, 1.54) is 26.2 Å². The van der Waals surface area contributed by atoms with E-state index in [1.807, 2.05) is 0 Å². The summed E-state index contributed by atoms with van der Waals surface area (Å²) in [7, 11) is -3.14. The van der Waals surface area contributed by atoms with Crippen LogP contribution in [0.3, 0.4) is 0 Å². The molecule has 17 heteroatoms. The Bertz CT molecular complexity index is 320. The van der Waals surface area contributed by atoms with Gasteiger partial charge in [-0.2, -0.15) is 0 Å². The van der Waals surface area contributed by atoms with Gasteiger partial charge in [0.25, 0.3) is 0 Å². The topological polar surface area (TPSA) is 144 Å². The van der Waals surface area contributed by atoms with Crippen LogP contribution in [0.2, 0.25) is 0 Å². The van der Waals surface area contributed by atoms with Gasteiger partial charge >= 0.3 is 36.2 Å². The van der Waals surface area contributed by atoms with E-state index in [-0.39, 0.29) is 0 Å². The van der Waals surface area contributed by atoms with Gasteiger partial charge in [-0.3, -0.25) is 4.90 Å². The zero-order chi connectivity index (χ0) is 17.0. The summed E-state index contributed by atoms with van der Waals surface area (Å²) in [6, 6.07) is 0. The minimum atomic E-state index is -3.21. The minimum Gasteiger partial charge on any atom is -0.539 e. The van der Waals surface area contributed by atoms with E-state index in [4.69, 9.17) is 20.1 Å². The lowest BCUT2D eigenvalue weighted by Gasteiger charge is -2.49.